The molecule has 110 valence electrons. The van der Waals surface area contributed by atoms with Gasteiger partial charge in [0.1, 0.15) is 5.75 Å². The van der Waals surface area contributed by atoms with Crippen LogP contribution in [0.15, 0.2) is 24.3 Å². The molecule has 1 aromatic carbocycles. The van der Waals surface area contributed by atoms with Crippen molar-refractivity contribution in [3.63, 3.8) is 0 Å². The predicted octanol–water partition coefficient (Wildman–Crippen LogP) is 1.95. The zero-order valence-electron chi connectivity index (χ0n) is 12.1. The van der Waals surface area contributed by atoms with Crippen molar-refractivity contribution in [1.82, 2.24) is 4.90 Å². The number of nitrogens with two attached hydrogens (primary N) is 1. The molecule has 0 radical (unpaired) electrons. The summed E-state index contributed by atoms with van der Waals surface area (Å²) in [5, 5.41) is 0. The van der Waals surface area contributed by atoms with Gasteiger partial charge in [-0.15, -0.1) is 0 Å². The van der Waals surface area contributed by atoms with Crippen molar-refractivity contribution >= 4 is 0 Å². The van der Waals surface area contributed by atoms with Crippen LogP contribution in [0.1, 0.15) is 30.9 Å². The molecule has 3 atom stereocenters. The third-order valence-corrected chi connectivity index (χ3v) is 4.63. The molecule has 4 heteroatoms. The van der Waals surface area contributed by atoms with Crippen LogP contribution in [-0.2, 0) is 4.74 Å². The van der Waals surface area contributed by atoms with Gasteiger partial charge in [-0.2, -0.15) is 0 Å². The van der Waals surface area contributed by atoms with E-state index in [2.05, 4.69) is 17.0 Å². The second kappa shape index (κ2) is 6.12. The largest absolute Gasteiger partial charge is 0.497 e. The maximum absolute atomic E-state index is 6.09. The van der Waals surface area contributed by atoms with Gasteiger partial charge < -0.3 is 15.2 Å². The van der Waals surface area contributed by atoms with Crippen LogP contribution in [0.3, 0.4) is 0 Å². The highest BCUT2D eigenvalue weighted by Crippen LogP contribution is 2.35. The molecule has 1 heterocycles. The van der Waals surface area contributed by atoms with Crippen molar-refractivity contribution in [2.45, 2.75) is 37.5 Å². The first-order chi connectivity index (χ1) is 9.83. The Balaban J connectivity index is 1.84. The lowest BCUT2D eigenvalue weighted by Gasteiger charge is -2.42. The van der Waals surface area contributed by atoms with Gasteiger partial charge in [-0.3, -0.25) is 4.90 Å². The molecule has 1 aromatic rings. The van der Waals surface area contributed by atoms with Gasteiger partial charge >= 0.3 is 0 Å². The van der Waals surface area contributed by atoms with Crippen molar-refractivity contribution < 1.29 is 9.47 Å². The van der Waals surface area contributed by atoms with Crippen LogP contribution in [-0.4, -0.2) is 43.9 Å². The molecular formula is C16H24N2O2. The smallest absolute Gasteiger partial charge is 0.119 e. The maximum Gasteiger partial charge on any atom is 0.119 e. The summed E-state index contributed by atoms with van der Waals surface area (Å²) in [6.45, 7) is 2.43. The van der Waals surface area contributed by atoms with Crippen molar-refractivity contribution in [2.24, 2.45) is 5.73 Å². The van der Waals surface area contributed by atoms with E-state index in [0.29, 0.717) is 18.7 Å². The lowest BCUT2D eigenvalue weighted by atomic mass is 10.0. The number of nitrogens with zero attached hydrogens (tertiary/aromatic N) is 1. The Morgan fingerprint density at radius 1 is 1.45 bits per heavy atom. The monoisotopic (exact) mass is 276 g/mol. The maximum atomic E-state index is 6.09. The minimum absolute atomic E-state index is 0.264. The fourth-order valence-corrected chi connectivity index (χ4v) is 3.65. The van der Waals surface area contributed by atoms with E-state index in [4.69, 9.17) is 15.2 Å². The third-order valence-electron chi connectivity index (χ3n) is 4.63. The molecule has 2 aliphatic rings. The second-order valence-corrected chi connectivity index (χ2v) is 5.67. The molecule has 1 saturated heterocycles. The van der Waals surface area contributed by atoms with E-state index in [1.807, 2.05) is 12.1 Å². The zero-order chi connectivity index (χ0) is 13.9. The Morgan fingerprint density at radius 3 is 3.15 bits per heavy atom. The summed E-state index contributed by atoms with van der Waals surface area (Å²) in [5.74, 6) is 0.900. The molecular weight excluding hydrogens is 252 g/mol. The molecule has 3 rings (SSSR count). The van der Waals surface area contributed by atoms with Crippen LogP contribution in [0, 0.1) is 0 Å². The number of morpholine rings is 1. The van der Waals surface area contributed by atoms with Crippen molar-refractivity contribution in [2.75, 3.05) is 26.8 Å². The topological polar surface area (TPSA) is 47.7 Å². The van der Waals surface area contributed by atoms with E-state index < -0.39 is 0 Å². The SMILES string of the molecule is COc1cccc(C(CN)N2CCOC3CCCC32)c1. The van der Waals surface area contributed by atoms with E-state index in [9.17, 15) is 0 Å². The summed E-state index contributed by atoms with van der Waals surface area (Å²) in [4.78, 5) is 2.55. The fraction of sp³-hybridized carbons (Fsp3) is 0.625. The van der Waals surface area contributed by atoms with Gasteiger partial charge in [0.2, 0.25) is 0 Å². The van der Waals surface area contributed by atoms with Crippen molar-refractivity contribution in [3.05, 3.63) is 29.8 Å². The number of fused-ring (bicyclic) bond motifs is 1. The summed E-state index contributed by atoms with van der Waals surface area (Å²) < 4.78 is 11.2. The van der Waals surface area contributed by atoms with Crippen LogP contribution in [0.2, 0.25) is 0 Å². The Bertz CT molecular complexity index is 452. The second-order valence-electron chi connectivity index (χ2n) is 5.67. The van der Waals surface area contributed by atoms with Gasteiger partial charge in [-0.25, -0.2) is 0 Å². The van der Waals surface area contributed by atoms with E-state index in [-0.39, 0.29) is 6.04 Å². The fourth-order valence-electron chi connectivity index (χ4n) is 3.65. The first-order valence-corrected chi connectivity index (χ1v) is 7.55. The number of hydrogen-bond donors (Lipinski definition) is 1. The molecule has 20 heavy (non-hydrogen) atoms. The lowest BCUT2D eigenvalue weighted by molar-refractivity contribution is -0.0711. The average molecular weight is 276 g/mol. The number of hydrogen-bond acceptors (Lipinski definition) is 4. The van der Waals surface area contributed by atoms with Gasteiger partial charge in [0, 0.05) is 25.2 Å². The normalized spacial score (nSPS) is 28.1. The molecule has 4 nitrogen and oxygen atoms in total. The minimum atomic E-state index is 0.264. The van der Waals surface area contributed by atoms with Crippen molar-refractivity contribution in [3.8, 4) is 5.75 Å². The highest BCUT2D eigenvalue weighted by molar-refractivity contribution is 5.31. The van der Waals surface area contributed by atoms with Crippen LogP contribution in [0.25, 0.3) is 0 Å². The van der Waals surface area contributed by atoms with Crippen LogP contribution in [0.4, 0.5) is 0 Å². The van der Waals surface area contributed by atoms with Crippen LogP contribution >= 0.6 is 0 Å². The molecule has 0 bridgehead atoms. The van der Waals surface area contributed by atoms with Crippen molar-refractivity contribution in [1.29, 1.82) is 0 Å². The minimum Gasteiger partial charge on any atom is -0.497 e. The Hall–Kier alpha value is -1.10. The van der Waals surface area contributed by atoms with E-state index in [1.54, 1.807) is 7.11 Å². The Labute approximate surface area is 120 Å². The van der Waals surface area contributed by atoms with Gasteiger partial charge in [-0.05, 0) is 37.0 Å². The molecule has 0 spiro atoms. The summed E-state index contributed by atoms with van der Waals surface area (Å²) >= 11 is 0. The predicted molar refractivity (Wildman–Crippen MR) is 78.9 cm³/mol. The molecule has 3 unspecified atom stereocenters. The molecule has 2 N–H and O–H groups in total. The number of rotatable bonds is 4. The first-order valence-electron chi connectivity index (χ1n) is 7.55. The molecule has 2 fully saturated rings. The summed E-state index contributed by atoms with van der Waals surface area (Å²) in [7, 11) is 1.71. The Kier molecular flexibility index (Phi) is 4.24. The highest BCUT2D eigenvalue weighted by Gasteiger charge is 2.39. The van der Waals surface area contributed by atoms with Gasteiger partial charge in [-0.1, -0.05) is 12.1 Å². The van der Waals surface area contributed by atoms with E-state index in [0.717, 1.165) is 18.9 Å². The number of benzene rings is 1. The molecule has 0 aromatic heterocycles. The molecule has 1 aliphatic carbocycles. The Morgan fingerprint density at radius 2 is 2.35 bits per heavy atom. The number of methoxy groups -OCH3 is 1. The summed E-state index contributed by atoms with van der Waals surface area (Å²) in [5.41, 5.74) is 7.34. The first kappa shape index (κ1) is 13.9. The average Bonchev–Trinajstić information content (AvgIpc) is 2.97. The van der Waals surface area contributed by atoms with Gasteiger partial charge in [0.25, 0.3) is 0 Å². The zero-order valence-corrected chi connectivity index (χ0v) is 12.1. The number of ether oxygens (including phenoxy) is 2. The molecule has 1 saturated carbocycles. The summed E-state index contributed by atoms with van der Waals surface area (Å²) in [6.07, 6.45) is 4.09. The van der Waals surface area contributed by atoms with E-state index in [1.165, 1.54) is 24.8 Å². The molecule has 1 aliphatic heterocycles. The standard InChI is InChI=1S/C16H24N2O2/c1-19-13-5-2-4-12(10-13)15(11-17)18-8-9-20-16-7-3-6-14(16)18/h2,4-5,10,14-16H,3,6-9,11,17H2,1H3. The lowest BCUT2D eigenvalue weighted by Crippen LogP contribution is -2.51. The van der Waals surface area contributed by atoms with E-state index >= 15 is 0 Å². The quantitative estimate of drug-likeness (QED) is 0.913. The van der Waals surface area contributed by atoms with Gasteiger partial charge in [0.15, 0.2) is 0 Å². The highest BCUT2D eigenvalue weighted by atomic mass is 16.5. The van der Waals surface area contributed by atoms with Gasteiger partial charge in [0.05, 0.1) is 19.8 Å². The third kappa shape index (κ3) is 2.55. The summed E-state index contributed by atoms with van der Waals surface area (Å²) in [6, 6.07) is 9.08. The van der Waals surface area contributed by atoms with Crippen LogP contribution in [0.5, 0.6) is 5.75 Å². The molecule has 0 amide bonds. The van der Waals surface area contributed by atoms with Crippen LogP contribution < -0.4 is 10.5 Å².